The fourth-order valence-electron chi connectivity index (χ4n) is 2.83. The smallest absolute Gasteiger partial charge is 0.269 e. The summed E-state index contributed by atoms with van der Waals surface area (Å²) in [6, 6.07) is 16.1. The summed E-state index contributed by atoms with van der Waals surface area (Å²) >= 11 is 0. The van der Waals surface area contributed by atoms with Crippen molar-refractivity contribution in [2.75, 3.05) is 18.4 Å². The number of anilines is 1. The second-order valence-electron chi connectivity index (χ2n) is 6.56. The van der Waals surface area contributed by atoms with Crippen LogP contribution < -0.4 is 10.6 Å². The predicted octanol–water partition coefficient (Wildman–Crippen LogP) is 3.33. The van der Waals surface area contributed by atoms with Gasteiger partial charge in [-0.3, -0.25) is 14.9 Å². The maximum atomic E-state index is 12.0. The van der Waals surface area contributed by atoms with Gasteiger partial charge in [0.2, 0.25) is 5.91 Å². The normalized spacial score (nSPS) is 10.5. The minimum atomic E-state index is -0.430. The number of nitro benzene ring substituents is 1. The number of nitro groups is 1. The molecule has 8 heteroatoms. The van der Waals surface area contributed by atoms with E-state index in [1.165, 1.54) is 12.1 Å². The minimum absolute atomic E-state index is 0.00551. The number of benzene rings is 2. The van der Waals surface area contributed by atoms with Crippen molar-refractivity contribution in [2.24, 2.45) is 0 Å². The van der Waals surface area contributed by atoms with Crippen LogP contribution in [0.1, 0.15) is 18.4 Å². The highest BCUT2D eigenvalue weighted by Crippen LogP contribution is 2.15. The second-order valence-corrected chi connectivity index (χ2v) is 6.56. The Bertz CT molecular complexity index is 938. The number of hydrogen-bond acceptors (Lipinski definition) is 5. The SMILES string of the molecule is O=C(CCCNc1ccc([N+](=O)[O-])cc1)NCCc1cnn(-c2ccccc2)c1. The van der Waals surface area contributed by atoms with Gasteiger partial charge in [0.05, 0.1) is 16.8 Å². The first-order valence-corrected chi connectivity index (χ1v) is 9.46. The van der Waals surface area contributed by atoms with Crippen molar-refractivity contribution in [3.8, 4) is 5.69 Å². The molecule has 0 unspecified atom stereocenters. The number of carbonyl (C=O) groups is 1. The van der Waals surface area contributed by atoms with Gasteiger partial charge < -0.3 is 10.6 Å². The summed E-state index contributed by atoms with van der Waals surface area (Å²) in [6.07, 6.45) is 5.60. The maximum absolute atomic E-state index is 12.0. The van der Waals surface area contributed by atoms with Gasteiger partial charge in [0.25, 0.3) is 5.69 Å². The van der Waals surface area contributed by atoms with Crippen LogP contribution in [0.4, 0.5) is 11.4 Å². The summed E-state index contributed by atoms with van der Waals surface area (Å²) in [5.74, 6) is 0.00551. The summed E-state index contributed by atoms with van der Waals surface area (Å²) in [5, 5.41) is 21.0. The number of amides is 1. The summed E-state index contributed by atoms with van der Waals surface area (Å²) in [5.41, 5.74) is 2.92. The van der Waals surface area contributed by atoms with E-state index < -0.39 is 4.92 Å². The van der Waals surface area contributed by atoms with Crippen LogP contribution in [0.5, 0.6) is 0 Å². The molecule has 2 aromatic carbocycles. The summed E-state index contributed by atoms with van der Waals surface area (Å²) in [4.78, 5) is 22.2. The number of non-ortho nitro benzene ring substituents is 1. The molecule has 0 fully saturated rings. The fourth-order valence-corrected chi connectivity index (χ4v) is 2.83. The van der Waals surface area contributed by atoms with Gasteiger partial charge in [0.15, 0.2) is 0 Å². The number of hydrogen-bond donors (Lipinski definition) is 2. The van der Waals surface area contributed by atoms with Gasteiger partial charge >= 0.3 is 0 Å². The monoisotopic (exact) mass is 393 g/mol. The van der Waals surface area contributed by atoms with E-state index in [1.54, 1.807) is 12.1 Å². The van der Waals surface area contributed by atoms with Crippen molar-refractivity contribution in [3.63, 3.8) is 0 Å². The number of carbonyl (C=O) groups excluding carboxylic acids is 1. The zero-order chi connectivity index (χ0) is 20.5. The molecule has 0 saturated heterocycles. The van der Waals surface area contributed by atoms with Crippen molar-refractivity contribution in [1.29, 1.82) is 0 Å². The molecule has 0 radical (unpaired) electrons. The van der Waals surface area contributed by atoms with E-state index >= 15 is 0 Å². The van der Waals surface area contributed by atoms with Crippen molar-refractivity contribution >= 4 is 17.3 Å². The lowest BCUT2D eigenvalue weighted by Crippen LogP contribution is -2.25. The molecule has 3 rings (SSSR count). The average molecular weight is 393 g/mol. The predicted molar refractivity (Wildman–Crippen MR) is 111 cm³/mol. The van der Waals surface area contributed by atoms with E-state index in [0.29, 0.717) is 25.9 Å². The van der Waals surface area contributed by atoms with Gasteiger partial charge in [-0.1, -0.05) is 18.2 Å². The van der Waals surface area contributed by atoms with Crippen molar-refractivity contribution in [2.45, 2.75) is 19.3 Å². The molecule has 1 amide bonds. The molecule has 0 atom stereocenters. The molecule has 1 aromatic heterocycles. The molecular formula is C21H23N5O3. The van der Waals surface area contributed by atoms with Crippen LogP contribution >= 0.6 is 0 Å². The second kappa shape index (κ2) is 10.0. The van der Waals surface area contributed by atoms with Crippen molar-refractivity contribution in [1.82, 2.24) is 15.1 Å². The molecule has 150 valence electrons. The molecule has 29 heavy (non-hydrogen) atoms. The first-order valence-electron chi connectivity index (χ1n) is 9.46. The third kappa shape index (κ3) is 6.17. The zero-order valence-corrected chi connectivity index (χ0v) is 16.0. The molecule has 2 N–H and O–H groups in total. The molecule has 0 saturated carbocycles. The summed E-state index contributed by atoms with van der Waals surface area (Å²) < 4.78 is 1.82. The minimum Gasteiger partial charge on any atom is -0.385 e. The topological polar surface area (TPSA) is 102 Å². The van der Waals surface area contributed by atoms with Gasteiger partial charge in [0, 0.05) is 43.5 Å². The lowest BCUT2D eigenvalue weighted by atomic mass is 10.2. The van der Waals surface area contributed by atoms with Crippen molar-refractivity contribution < 1.29 is 9.72 Å². The van der Waals surface area contributed by atoms with Crippen LogP contribution in [0.3, 0.4) is 0 Å². The van der Waals surface area contributed by atoms with Crippen LogP contribution in [0.2, 0.25) is 0 Å². The molecular weight excluding hydrogens is 370 g/mol. The Labute approximate surface area is 168 Å². The van der Waals surface area contributed by atoms with Gasteiger partial charge in [-0.05, 0) is 42.7 Å². The summed E-state index contributed by atoms with van der Waals surface area (Å²) in [7, 11) is 0. The fraction of sp³-hybridized carbons (Fsp3) is 0.238. The Kier molecular flexibility index (Phi) is 6.94. The average Bonchev–Trinajstić information content (AvgIpc) is 3.21. The van der Waals surface area contributed by atoms with Crippen molar-refractivity contribution in [3.05, 3.63) is 82.7 Å². The largest absolute Gasteiger partial charge is 0.385 e. The van der Waals surface area contributed by atoms with E-state index in [0.717, 1.165) is 23.4 Å². The molecule has 1 heterocycles. The highest BCUT2D eigenvalue weighted by molar-refractivity contribution is 5.75. The molecule has 8 nitrogen and oxygen atoms in total. The molecule has 0 aliphatic heterocycles. The summed E-state index contributed by atoms with van der Waals surface area (Å²) in [6.45, 7) is 1.18. The maximum Gasteiger partial charge on any atom is 0.269 e. The van der Waals surface area contributed by atoms with Gasteiger partial charge in [0.1, 0.15) is 0 Å². The van der Waals surface area contributed by atoms with Crippen LogP contribution in [-0.2, 0) is 11.2 Å². The van der Waals surface area contributed by atoms with E-state index in [4.69, 9.17) is 0 Å². The van der Waals surface area contributed by atoms with Crippen LogP contribution in [0, 0.1) is 10.1 Å². The Balaban J connectivity index is 1.31. The molecule has 3 aromatic rings. The third-order valence-corrected chi connectivity index (χ3v) is 4.38. The zero-order valence-electron chi connectivity index (χ0n) is 16.0. The Morgan fingerprint density at radius 3 is 2.55 bits per heavy atom. The van der Waals surface area contributed by atoms with E-state index in [-0.39, 0.29) is 11.6 Å². The van der Waals surface area contributed by atoms with E-state index in [2.05, 4.69) is 15.7 Å². The van der Waals surface area contributed by atoms with Gasteiger partial charge in [-0.15, -0.1) is 0 Å². The number of rotatable bonds is 10. The number of aromatic nitrogens is 2. The lowest BCUT2D eigenvalue weighted by Gasteiger charge is -2.07. The highest BCUT2D eigenvalue weighted by Gasteiger charge is 2.05. The van der Waals surface area contributed by atoms with Crippen LogP contribution in [0.15, 0.2) is 67.0 Å². The number of nitrogens with one attached hydrogen (secondary N) is 2. The van der Waals surface area contributed by atoms with Crippen LogP contribution in [0.25, 0.3) is 5.69 Å². The van der Waals surface area contributed by atoms with E-state index in [9.17, 15) is 14.9 Å². The van der Waals surface area contributed by atoms with E-state index in [1.807, 2.05) is 47.4 Å². The molecule has 0 spiro atoms. The highest BCUT2D eigenvalue weighted by atomic mass is 16.6. The Morgan fingerprint density at radius 1 is 1.07 bits per heavy atom. The standard InChI is InChI=1S/C21H23N5O3/c27-21(7-4-13-22-18-8-10-20(11-9-18)26(28)29)23-14-12-17-15-24-25(16-17)19-5-2-1-3-6-19/h1-3,5-6,8-11,15-16,22H,4,7,12-14H2,(H,23,27). The molecule has 0 aliphatic carbocycles. The molecule has 0 aliphatic rings. The number of nitrogens with zero attached hydrogens (tertiary/aromatic N) is 3. The quantitative estimate of drug-likeness (QED) is 0.312. The van der Waals surface area contributed by atoms with Gasteiger partial charge in [-0.2, -0.15) is 5.10 Å². The first kappa shape index (κ1) is 20.1. The first-order chi connectivity index (χ1) is 14.1. The Hall–Kier alpha value is -3.68. The third-order valence-electron chi connectivity index (χ3n) is 4.38. The van der Waals surface area contributed by atoms with Gasteiger partial charge in [-0.25, -0.2) is 4.68 Å². The Morgan fingerprint density at radius 2 is 1.83 bits per heavy atom. The molecule has 0 bridgehead atoms. The lowest BCUT2D eigenvalue weighted by molar-refractivity contribution is -0.384. The van der Waals surface area contributed by atoms with Crippen LogP contribution in [-0.4, -0.2) is 33.7 Å². The number of para-hydroxylation sites is 1.